The summed E-state index contributed by atoms with van der Waals surface area (Å²) in [4.78, 5) is 67.1. The van der Waals surface area contributed by atoms with E-state index in [1.54, 1.807) is 13.8 Å². The Bertz CT molecular complexity index is 863. The quantitative estimate of drug-likeness (QED) is 0.137. The van der Waals surface area contributed by atoms with Crippen LogP contribution in [0.25, 0.3) is 0 Å². The number of nitrogens with one attached hydrogen (secondary N) is 2. The molecule has 0 bridgehead atoms. The number of amides is 4. The molecule has 0 atom stereocenters. The number of nitrogens with zero attached hydrogens (tertiary/aromatic N) is 6. The van der Waals surface area contributed by atoms with Gasteiger partial charge in [-0.3, -0.25) is 9.68 Å². The second-order valence-electron chi connectivity index (χ2n) is 6.75. The van der Waals surface area contributed by atoms with Gasteiger partial charge in [0, 0.05) is 34.6 Å². The topological polar surface area (TPSA) is 167 Å². The average Bonchev–Trinajstić information content (AvgIpc) is 2.82. The molecule has 0 aliphatic heterocycles. The Labute approximate surface area is 233 Å². The summed E-state index contributed by atoms with van der Waals surface area (Å²) >= 11 is 10.8. The minimum Gasteiger partial charge on any atom is -0.323 e. The number of hydrogen-bond donors (Lipinski definition) is 2. The summed E-state index contributed by atoms with van der Waals surface area (Å²) < 4.78 is 4.03. The Morgan fingerprint density at radius 2 is 0.946 bits per heavy atom. The van der Waals surface area contributed by atoms with Gasteiger partial charge in [0.15, 0.2) is 0 Å². The van der Waals surface area contributed by atoms with Crippen molar-refractivity contribution in [3.05, 3.63) is 0 Å². The first-order chi connectivity index (χ1) is 17.1. The summed E-state index contributed by atoms with van der Waals surface area (Å²) in [6, 6.07) is 0. The maximum absolute atomic E-state index is 12.1. The maximum atomic E-state index is 12.1. The first-order valence-electron chi connectivity index (χ1n) is 9.88. The summed E-state index contributed by atoms with van der Waals surface area (Å²) in [6.07, 6.45) is -3.24. The van der Waals surface area contributed by atoms with Crippen LogP contribution in [0.5, 0.6) is 0 Å². The molecule has 0 fully saturated rings. The van der Waals surface area contributed by atoms with E-state index in [1.165, 1.54) is 42.0 Å². The smallest absolute Gasteiger partial charge is 0.323 e. The predicted octanol–water partition coefficient (Wildman–Crippen LogP) is 3.23. The fraction of sp³-hybridized carbons (Fsp3) is 0.529. The fourth-order valence-electron chi connectivity index (χ4n) is 1.64. The normalized spacial score (nSPS) is 10.9. The van der Waals surface area contributed by atoms with Crippen molar-refractivity contribution in [3.8, 4) is 0 Å². The number of oxime groups is 2. The minimum atomic E-state index is -0.874. The number of thiocarbonyl (C=S) groups is 2. The minimum absolute atomic E-state index is 0.109. The van der Waals surface area contributed by atoms with E-state index in [-0.39, 0.29) is 16.4 Å². The Hall–Kier alpha value is -3.10. The van der Waals surface area contributed by atoms with Crippen LogP contribution in [-0.4, -0.2) is 91.2 Å². The second kappa shape index (κ2) is 17.4. The fourth-order valence-corrected chi connectivity index (χ4v) is 2.87. The van der Waals surface area contributed by atoms with Crippen LogP contribution in [0.4, 0.5) is 19.2 Å². The molecule has 0 aromatic carbocycles. The van der Waals surface area contributed by atoms with E-state index in [4.69, 9.17) is 34.1 Å². The Morgan fingerprint density at radius 3 is 1.24 bits per heavy atom. The summed E-state index contributed by atoms with van der Waals surface area (Å²) in [5.74, 6) is 0. The standard InChI is InChI=1S/C17H28N8O8S4/c1-10(18-30-14(26)22(5)36-24(7)16(28)32-20-12(3)34)9-11(2)19-31-15(27)23(6)37-25(8)17(29)33-21-13(4)35/h9H2,1-8H3,(H,20,34)(H,21,35)/b18-10-,19-11+. The average molecular weight is 601 g/mol. The Morgan fingerprint density at radius 1 is 0.649 bits per heavy atom. The highest BCUT2D eigenvalue weighted by molar-refractivity contribution is 7.95. The molecular weight excluding hydrogens is 573 g/mol. The molecule has 208 valence electrons. The highest BCUT2D eigenvalue weighted by atomic mass is 32.2. The zero-order valence-corrected chi connectivity index (χ0v) is 24.6. The summed E-state index contributed by atoms with van der Waals surface area (Å²) in [6.45, 7) is 6.17. The second-order valence-corrected chi connectivity index (χ2v) is 10.5. The highest BCUT2D eigenvalue weighted by Crippen LogP contribution is 2.15. The van der Waals surface area contributed by atoms with Gasteiger partial charge in [-0.05, 0) is 27.7 Å². The lowest BCUT2D eigenvalue weighted by molar-refractivity contribution is 0.106. The molecule has 0 unspecified atom stereocenters. The van der Waals surface area contributed by atoms with Gasteiger partial charge >= 0.3 is 24.4 Å². The molecular formula is C17H28N8O8S4. The van der Waals surface area contributed by atoms with Crippen molar-refractivity contribution in [2.24, 2.45) is 10.3 Å². The lowest BCUT2D eigenvalue weighted by atomic mass is 10.2. The number of rotatable bonds is 8. The molecule has 16 nitrogen and oxygen atoms in total. The van der Waals surface area contributed by atoms with E-state index in [0.29, 0.717) is 35.7 Å². The van der Waals surface area contributed by atoms with E-state index in [0.717, 1.165) is 17.2 Å². The summed E-state index contributed by atoms with van der Waals surface area (Å²) in [5, 5.41) is 7.37. The van der Waals surface area contributed by atoms with Gasteiger partial charge in [0.25, 0.3) is 0 Å². The van der Waals surface area contributed by atoms with Gasteiger partial charge in [-0.25, -0.2) is 47.4 Å². The van der Waals surface area contributed by atoms with Crippen molar-refractivity contribution in [1.82, 2.24) is 28.2 Å². The van der Waals surface area contributed by atoms with Crippen molar-refractivity contribution < 1.29 is 38.5 Å². The van der Waals surface area contributed by atoms with E-state index < -0.39 is 24.4 Å². The summed E-state index contributed by atoms with van der Waals surface area (Å²) in [7, 11) is 5.44. The molecule has 0 radical (unpaired) electrons. The van der Waals surface area contributed by atoms with Crippen LogP contribution in [0.1, 0.15) is 34.1 Å². The molecule has 4 amide bonds. The Balaban J connectivity index is 4.61. The van der Waals surface area contributed by atoms with E-state index in [1.807, 2.05) is 0 Å². The molecule has 37 heavy (non-hydrogen) atoms. The third kappa shape index (κ3) is 15.6. The molecule has 0 aliphatic rings. The van der Waals surface area contributed by atoms with Gasteiger partial charge in [0.2, 0.25) is 0 Å². The zero-order valence-electron chi connectivity index (χ0n) is 21.3. The van der Waals surface area contributed by atoms with Gasteiger partial charge in [-0.1, -0.05) is 34.7 Å². The van der Waals surface area contributed by atoms with Crippen LogP contribution in [0.15, 0.2) is 10.3 Å². The SMILES string of the molecule is CC(=S)NOC(=O)N(C)SN(C)C(=O)O/N=C(/C)C/C(C)=N/OC(=O)N(C)SN(C)C(=O)ONC(C)=S. The zero-order chi connectivity index (χ0) is 28.7. The van der Waals surface area contributed by atoms with Crippen LogP contribution in [0, 0.1) is 0 Å². The highest BCUT2D eigenvalue weighted by Gasteiger charge is 2.21. The monoisotopic (exact) mass is 600 g/mol. The third-order valence-corrected chi connectivity index (χ3v) is 4.90. The lowest BCUT2D eigenvalue weighted by Crippen LogP contribution is -2.33. The van der Waals surface area contributed by atoms with E-state index in [9.17, 15) is 19.2 Å². The van der Waals surface area contributed by atoms with Crippen molar-refractivity contribution >= 4 is 94.5 Å². The van der Waals surface area contributed by atoms with Crippen LogP contribution in [0.2, 0.25) is 0 Å². The van der Waals surface area contributed by atoms with Crippen molar-refractivity contribution in [2.75, 3.05) is 28.2 Å². The molecule has 0 saturated carbocycles. The molecule has 0 aromatic rings. The molecule has 0 saturated heterocycles. The molecule has 0 heterocycles. The largest absolute Gasteiger partial charge is 0.447 e. The number of carbonyl (C=O) groups excluding carboxylic acids is 4. The first kappa shape index (κ1) is 33.9. The van der Waals surface area contributed by atoms with Gasteiger partial charge in [-0.2, -0.15) is 0 Å². The molecule has 2 N–H and O–H groups in total. The number of hydroxylamine groups is 2. The van der Waals surface area contributed by atoms with Crippen molar-refractivity contribution in [2.45, 2.75) is 34.1 Å². The van der Waals surface area contributed by atoms with Crippen LogP contribution >= 0.6 is 48.7 Å². The van der Waals surface area contributed by atoms with E-state index >= 15 is 0 Å². The van der Waals surface area contributed by atoms with Gasteiger partial charge in [0.05, 0.1) is 35.7 Å². The van der Waals surface area contributed by atoms with Crippen molar-refractivity contribution in [1.29, 1.82) is 0 Å². The van der Waals surface area contributed by atoms with Crippen LogP contribution in [-0.2, 0) is 19.4 Å². The molecule has 20 heteroatoms. The first-order valence-corrected chi connectivity index (χ1v) is 12.2. The van der Waals surface area contributed by atoms with Gasteiger partial charge < -0.3 is 9.68 Å². The van der Waals surface area contributed by atoms with Gasteiger partial charge in [0.1, 0.15) is 9.98 Å². The lowest BCUT2D eigenvalue weighted by Gasteiger charge is -2.20. The molecule has 0 rings (SSSR count). The molecule has 0 spiro atoms. The molecule has 0 aliphatic carbocycles. The van der Waals surface area contributed by atoms with E-state index in [2.05, 4.69) is 30.9 Å². The summed E-state index contributed by atoms with van der Waals surface area (Å²) in [5.41, 5.74) is 5.13. The third-order valence-electron chi connectivity index (χ3n) is 3.15. The predicted molar refractivity (Wildman–Crippen MR) is 146 cm³/mol. The maximum Gasteiger partial charge on any atom is 0.447 e. The van der Waals surface area contributed by atoms with Gasteiger partial charge in [-0.15, -0.1) is 0 Å². The van der Waals surface area contributed by atoms with Crippen molar-refractivity contribution in [3.63, 3.8) is 0 Å². The van der Waals surface area contributed by atoms with Crippen LogP contribution < -0.4 is 11.0 Å². The molecule has 0 aromatic heterocycles. The Kier molecular flexibility index (Phi) is 15.9. The number of carbonyl (C=O) groups is 4. The van der Waals surface area contributed by atoms with Crippen LogP contribution in [0.3, 0.4) is 0 Å². The number of hydrogen-bond acceptors (Lipinski definition) is 14.